The number of nitrogens with zero attached hydrogens (tertiary/aromatic N) is 2. The van der Waals surface area contributed by atoms with Crippen LogP contribution in [-0.2, 0) is 41.4 Å². The number of alkyl carbamates (subject to hydrolysis) is 2. The van der Waals surface area contributed by atoms with Gasteiger partial charge in [-0.1, -0.05) is 73.5 Å². The molecular weight excluding hydrogens is 1080 g/mol. The third kappa shape index (κ3) is 27.1. The number of guanidine groups is 1. The molecule has 19 heteroatoms. The zero-order valence-corrected chi connectivity index (χ0v) is 53.4. The largest absolute Gasteiger partial charge is 0.488 e. The number of carbonyl (C=O) groups is 6. The van der Waals surface area contributed by atoms with Crippen LogP contribution in [0.2, 0.25) is 0 Å². The van der Waals surface area contributed by atoms with E-state index in [0.29, 0.717) is 55.8 Å². The molecule has 0 aliphatic rings. The van der Waals surface area contributed by atoms with Crippen LogP contribution in [0, 0.1) is 0 Å². The SMILES string of the molecule is C[C@H](c1ccc2ccccc2c1)N(C(=O)OC(C)(C)C)[C@@H](CCCCN)C(=O)NC(=O)[C@H](Cc1ccc(OC(C)(C)C)cc1)NC(=O)[C@H](Cc1ccc(OC(C)(C)C)cc1)NCCCCCCN=C(NC(=O)OC(C)(C)C)NC(=O)OC(C)(C)C. The van der Waals surface area contributed by atoms with E-state index in [2.05, 4.69) is 31.6 Å². The lowest BCUT2D eigenvalue weighted by Gasteiger charge is -2.37. The molecule has 0 fully saturated rings. The number of ether oxygens (including phenoxy) is 5. The predicted octanol–water partition coefficient (Wildman–Crippen LogP) is 11.5. The molecule has 0 unspecified atom stereocenters. The van der Waals surface area contributed by atoms with Crippen LogP contribution >= 0.6 is 0 Å². The molecule has 0 aromatic heterocycles. The van der Waals surface area contributed by atoms with Crippen molar-refractivity contribution in [1.29, 1.82) is 0 Å². The molecule has 0 saturated carbocycles. The summed E-state index contributed by atoms with van der Waals surface area (Å²) in [6.45, 7) is 30.2. The quantitative estimate of drug-likeness (QED) is 0.0157. The number of imide groups is 1. The molecule has 468 valence electrons. The van der Waals surface area contributed by atoms with Gasteiger partial charge in [0.1, 0.15) is 51.6 Å². The Morgan fingerprint density at radius 1 is 0.529 bits per heavy atom. The minimum absolute atomic E-state index is 0.00188. The molecule has 6 amide bonds. The summed E-state index contributed by atoms with van der Waals surface area (Å²) < 4.78 is 28.9. The van der Waals surface area contributed by atoms with Crippen LogP contribution in [0.15, 0.2) is 96.0 Å². The molecule has 0 aliphatic carbocycles. The van der Waals surface area contributed by atoms with Crippen molar-refractivity contribution < 1.29 is 52.5 Å². The number of unbranched alkanes of at least 4 members (excludes halogenated alkanes) is 4. The highest BCUT2D eigenvalue weighted by atomic mass is 16.6. The fourth-order valence-corrected chi connectivity index (χ4v) is 8.94. The monoisotopic (exact) mass is 1180 g/mol. The van der Waals surface area contributed by atoms with Crippen LogP contribution in [-0.4, -0.2) is 113 Å². The van der Waals surface area contributed by atoms with Crippen LogP contribution in [0.25, 0.3) is 10.8 Å². The van der Waals surface area contributed by atoms with Crippen LogP contribution in [0.4, 0.5) is 14.4 Å². The first-order valence-corrected chi connectivity index (χ1v) is 29.8. The van der Waals surface area contributed by atoms with Crippen LogP contribution in [0.1, 0.15) is 178 Å². The Hall–Kier alpha value is -7.25. The lowest BCUT2D eigenvalue weighted by atomic mass is 9.98. The summed E-state index contributed by atoms with van der Waals surface area (Å²) in [7, 11) is 0. The van der Waals surface area contributed by atoms with Crippen molar-refractivity contribution in [1.82, 2.24) is 31.5 Å². The maximum atomic E-state index is 15.0. The van der Waals surface area contributed by atoms with E-state index in [1.807, 2.05) is 127 Å². The molecule has 0 radical (unpaired) electrons. The number of fused-ring (bicyclic) bond motifs is 1. The van der Waals surface area contributed by atoms with E-state index in [-0.39, 0.29) is 31.8 Å². The zero-order chi connectivity index (χ0) is 63.3. The smallest absolute Gasteiger partial charge is 0.414 e. The van der Waals surface area contributed by atoms with Crippen LogP contribution in [0.3, 0.4) is 0 Å². The van der Waals surface area contributed by atoms with Gasteiger partial charge in [0.05, 0.1) is 12.1 Å². The van der Waals surface area contributed by atoms with E-state index in [1.54, 1.807) is 74.4 Å². The number of nitrogens with one attached hydrogen (secondary N) is 5. The Morgan fingerprint density at radius 2 is 1.04 bits per heavy atom. The van der Waals surface area contributed by atoms with E-state index in [9.17, 15) is 28.8 Å². The molecule has 4 atom stereocenters. The highest BCUT2D eigenvalue weighted by Gasteiger charge is 2.39. The lowest BCUT2D eigenvalue weighted by molar-refractivity contribution is -0.137. The van der Waals surface area contributed by atoms with Crippen LogP contribution < -0.4 is 41.8 Å². The molecule has 7 N–H and O–H groups in total. The number of rotatable bonds is 25. The average molecular weight is 1180 g/mol. The van der Waals surface area contributed by atoms with Gasteiger partial charge in [0, 0.05) is 13.0 Å². The van der Waals surface area contributed by atoms with Gasteiger partial charge in [-0.15, -0.1) is 0 Å². The van der Waals surface area contributed by atoms with Gasteiger partial charge in [0.2, 0.25) is 23.7 Å². The fraction of sp³-hybridized carbons (Fsp3) is 0.561. The number of aliphatic imine (C=N–C) groups is 1. The van der Waals surface area contributed by atoms with E-state index in [1.165, 1.54) is 4.90 Å². The van der Waals surface area contributed by atoms with Gasteiger partial charge < -0.3 is 40.1 Å². The van der Waals surface area contributed by atoms with Gasteiger partial charge in [-0.25, -0.2) is 14.4 Å². The molecule has 0 saturated heterocycles. The normalized spacial score (nSPS) is 13.5. The van der Waals surface area contributed by atoms with Gasteiger partial charge in [0.15, 0.2) is 0 Å². The summed E-state index contributed by atoms with van der Waals surface area (Å²) in [5.74, 6) is -0.798. The summed E-state index contributed by atoms with van der Waals surface area (Å²) >= 11 is 0. The van der Waals surface area contributed by atoms with Gasteiger partial charge in [-0.2, -0.15) is 0 Å². The van der Waals surface area contributed by atoms with Crippen LogP contribution in [0.5, 0.6) is 11.5 Å². The van der Waals surface area contributed by atoms with Crippen molar-refractivity contribution in [2.45, 2.75) is 221 Å². The molecule has 0 aliphatic heterocycles. The highest BCUT2D eigenvalue weighted by molar-refractivity contribution is 6.03. The van der Waals surface area contributed by atoms with E-state index < -0.39 is 88.2 Å². The second-order valence-electron chi connectivity index (χ2n) is 26.4. The summed E-state index contributed by atoms with van der Waals surface area (Å²) in [6, 6.07) is 24.5. The molecule has 4 aromatic carbocycles. The summed E-state index contributed by atoms with van der Waals surface area (Å²) in [4.78, 5) is 90.4. The van der Waals surface area contributed by atoms with Crippen molar-refractivity contribution in [3.63, 3.8) is 0 Å². The van der Waals surface area contributed by atoms with Gasteiger partial charge in [-0.3, -0.25) is 40.2 Å². The topological polar surface area (TPSA) is 250 Å². The lowest BCUT2D eigenvalue weighted by Crippen LogP contribution is -2.58. The molecule has 85 heavy (non-hydrogen) atoms. The molecular formula is C66H98N8O11. The molecule has 0 bridgehead atoms. The van der Waals surface area contributed by atoms with Crippen molar-refractivity contribution in [2.24, 2.45) is 10.7 Å². The average Bonchev–Trinajstić information content (AvgIpc) is 2.06. The first-order chi connectivity index (χ1) is 39.6. The number of carbonyl (C=O) groups excluding carboxylic acids is 6. The van der Waals surface area contributed by atoms with E-state index in [4.69, 9.17) is 29.4 Å². The summed E-state index contributed by atoms with van der Waals surface area (Å²) in [5.41, 5.74) is 4.85. The first kappa shape index (κ1) is 70.2. The van der Waals surface area contributed by atoms with Crippen molar-refractivity contribution >= 4 is 52.7 Å². The van der Waals surface area contributed by atoms with Gasteiger partial charge >= 0.3 is 18.3 Å². The standard InChI is InChI=1S/C66H98N8O11/c1-44(48-33-32-47-25-19-20-26-49(47)43-48)74(61(80)85-66(14,15)16)54(27-21-22-38-67)57(77)71-56(76)53(42-46-30-36-51(37-31-46)82-63(5,6)7)70-55(75)52(41-45-28-34-50(35-29-45)81-62(2,3)4)68-39-23-17-18-24-40-69-58(72-59(78)83-64(8,9)10)73-60(79)84-65(11,12)13/h19-20,25-26,28-37,43-44,52-54,68H,17-18,21-24,27,38-42,67H2,1-16H3,(H,70,75)(H,71,76,77)(H2,69,72,73,78,79)/t44-,52+,53+,54+/m1/s1. The Labute approximate surface area is 505 Å². The third-order valence-corrected chi connectivity index (χ3v) is 12.6. The maximum Gasteiger partial charge on any atom is 0.414 e. The molecule has 4 rings (SSSR count). The van der Waals surface area contributed by atoms with Crippen molar-refractivity contribution in [3.05, 3.63) is 108 Å². The number of amides is 6. The number of nitrogens with two attached hydrogens (primary N) is 1. The minimum Gasteiger partial charge on any atom is -0.488 e. The second kappa shape index (κ2) is 31.8. The molecule has 0 heterocycles. The molecule has 19 nitrogen and oxygen atoms in total. The van der Waals surface area contributed by atoms with Crippen molar-refractivity contribution in [3.8, 4) is 11.5 Å². The Morgan fingerprint density at radius 3 is 1.54 bits per heavy atom. The molecule has 4 aromatic rings. The predicted molar refractivity (Wildman–Crippen MR) is 335 cm³/mol. The summed E-state index contributed by atoms with van der Waals surface area (Å²) in [5, 5.41) is 16.1. The van der Waals surface area contributed by atoms with Crippen molar-refractivity contribution in [2.75, 3.05) is 19.6 Å². The molecule has 0 spiro atoms. The zero-order valence-electron chi connectivity index (χ0n) is 53.4. The Kier molecular flexibility index (Phi) is 26.2. The maximum absolute atomic E-state index is 15.0. The van der Waals surface area contributed by atoms with E-state index in [0.717, 1.165) is 34.7 Å². The minimum atomic E-state index is -1.27. The Bertz CT molecular complexity index is 2810. The fourth-order valence-electron chi connectivity index (χ4n) is 8.94. The Balaban J connectivity index is 1.64. The van der Waals surface area contributed by atoms with E-state index >= 15 is 0 Å². The highest BCUT2D eigenvalue weighted by Crippen LogP contribution is 2.30. The number of benzene rings is 4. The first-order valence-electron chi connectivity index (χ1n) is 29.8. The second-order valence-corrected chi connectivity index (χ2v) is 26.4. The van der Waals surface area contributed by atoms with Gasteiger partial charge in [-0.05, 0) is 220 Å². The summed E-state index contributed by atoms with van der Waals surface area (Å²) in [6.07, 6.45) is 1.83. The third-order valence-electron chi connectivity index (χ3n) is 12.6. The number of hydrogen-bond donors (Lipinski definition) is 6. The number of hydrogen-bond acceptors (Lipinski definition) is 14. The van der Waals surface area contributed by atoms with Gasteiger partial charge in [0.25, 0.3) is 0 Å².